The lowest BCUT2D eigenvalue weighted by molar-refractivity contribution is -0.0599. The molecule has 1 aromatic rings. The maximum atomic E-state index is 12.1. The number of halogens is 3. The van der Waals surface area contributed by atoms with Gasteiger partial charge in [-0.3, -0.25) is 5.43 Å². The summed E-state index contributed by atoms with van der Waals surface area (Å²) in [5, 5.41) is 3.08. The number of amidine groups is 1. The largest absolute Gasteiger partial charge is 0.450 e. The van der Waals surface area contributed by atoms with Crippen LogP contribution in [-0.2, 0) is 6.42 Å². The predicted molar refractivity (Wildman–Crippen MR) is 61.9 cm³/mol. The number of anilines is 1. The van der Waals surface area contributed by atoms with Gasteiger partial charge in [0, 0.05) is 0 Å². The number of benzene rings is 1. The molecule has 17 heavy (non-hydrogen) atoms. The summed E-state index contributed by atoms with van der Waals surface area (Å²) in [4.78, 5) is 0. The number of nitrogens with zero attached hydrogens (tertiary/aromatic N) is 1. The molecule has 3 N–H and O–H groups in total. The molecule has 0 saturated carbocycles. The predicted octanol–water partition coefficient (Wildman–Crippen LogP) is 2.80. The van der Waals surface area contributed by atoms with Crippen molar-refractivity contribution in [2.45, 2.75) is 26.4 Å². The summed E-state index contributed by atoms with van der Waals surface area (Å²) in [6.07, 6.45) is -3.73. The van der Waals surface area contributed by atoms with E-state index < -0.39 is 12.0 Å². The van der Waals surface area contributed by atoms with Gasteiger partial charge in [-0.05, 0) is 36.6 Å². The van der Waals surface area contributed by atoms with E-state index in [1.54, 1.807) is 12.1 Å². The van der Waals surface area contributed by atoms with Crippen LogP contribution in [-0.4, -0.2) is 12.0 Å². The number of hydrazone groups is 1. The van der Waals surface area contributed by atoms with E-state index in [9.17, 15) is 13.2 Å². The highest BCUT2D eigenvalue weighted by atomic mass is 19.4. The van der Waals surface area contributed by atoms with Gasteiger partial charge in [0.1, 0.15) is 0 Å². The van der Waals surface area contributed by atoms with Crippen molar-refractivity contribution >= 4 is 11.5 Å². The highest BCUT2D eigenvalue weighted by Gasteiger charge is 2.33. The van der Waals surface area contributed by atoms with Crippen LogP contribution in [0.1, 0.15) is 18.1 Å². The molecule has 1 aromatic carbocycles. The van der Waals surface area contributed by atoms with E-state index in [1.807, 2.05) is 19.9 Å². The van der Waals surface area contributed by atoms with Crippen molar-refractivity contribution in [1.29, 1.82) is 0 Å². The molecular weight excluding hydrogens is 231 g/mol. The molecule has 0 bridgehead atoms. The van der Waals surface area contributed by atoms with Gasteiger partial charge < -0.3 is 5.73 Å². The molecule has 3 nitrogen and oxygen atoms in total. The number of nitrogens with one attached hydrogen (secondary N) is 1. The molecule has 0 amide bonds. The lowest BCUT2D eigenvalue weighted by atomic mass is 10.1. The zero-order valence-corrected chi connectivity index (χ0v) is 9.60. The molecule has 0 radical (unpaired) electrons. The Labute approximate surface area is 97.5 Å². The van der Waals surface area contributed by atoms with Crippen LogP contribution in [0.5, 0.6) is 0 Å². The van der Waals surface area contributed by atoms with Crippen molar-refractivity contribution in [3.8, 4) is 0 Å². The maximum absolute atomic E-state index is 12.1. The first-order valence-electron chi connectivity index (χ1n) is 5.10. The van der Waals surface area contributed by atoms with Crippen molar-refractivity contribution in [2.75, 3.05) is 5.43 Å². The van der Waals surface area contributed by atoms with Gasteiger partial charge in [-0.25, -0.2) is 0 Å². The van der Waals surface area contributed by atoms with Crippen molar-refractivity contribution in [2.24, 2.45) is 10.8 Å². The molecular formula is C11H14F3N3. The van der Waals surface area contributed by atoms with E-state index in [4.69, 9.17) is 5.73 Å². The third kappa shape index (κ3) is 3.65. The summed E-state index contributed by atoms with van der Waals surface area (Å²) < 4.78 is 36.2. The molecule has 94 valence electrons. The first-order chi connectivity index (χ1) is 7.84. The molecule has 1 rings (SSSR count). The van der Waals surface area contributed by atoms with Crippen molar-refractivity contribution in [3.05, 3.63) is 29.3 Å². The second-order valence-corrected chi connectivity index (χ2v) is 3.60. The van der Waals surface area contributed by atoms with Gasteiger partial charge in [-0.1, -0.05) is 13.0 Å². The summed E-state index contributed by atoms with van der Waals surface area (Å²) >= 11 is 0. The van der Waals surface area contributed by atoms with Gasteiger partial charge in [-0.15, -0.1) is 0 Å². The van der Waals surface area contributed by atoms with Crippen molar-refractivity contribution in [3.63, 3.8) is 0 Å². The van der Waals surface area contributed by atoms with Crippen LogP contribution in [0.4, 0.5) is 18.9 Å². The van der Waals surface area contributed by atoms with Gasteiger partial charge in [0.2, 0.25) is 5.84 Å². The lowest BCUT2D eigenvalue weighted by Crippen LogP contribution is -2.32. The number of nitrogens with two attached hydrogens (primary N) is 1. The fourth-order valence-electron chi connectivity index (χ4n) is 1.35. The van der Waals surface area contributed by atoms with E-state index in [0.717, 1.165) is 17.5 Å². The molecule has 0 unspecified atom stereocenters. The van der Waals surface area contributed by atoms with Crippen LogP contribution in [0, 0.1) is 6.92 Å². The third-order valence-electron chi connectivity index (χ3n) is 2.32. The molecule has 0 heterocycles. The minimum absolute atomic E-state index is 0.479. The molecule has 0 aliphatic heterocycles. The Morgan fingerprint density at radius 1 is 1.41 bits per heavy atom. The molecule has 0 saturated heterocycles. The van der Waals surface area contributed by atoms with E-state index in [-0.39, 0.29) is 0 Å². The zero-order valence-electron chi connectivity index (χ0n) is 9.60. The van der Waals surface area contributed by atoms with Crippen LogP contribution in [0.25, 0.3) is 0 Å². The molecule has 0 fully saturated rings. The first kappa shape index (κ1) is 13.3. The average molecular weight is 245 g/mol. The number of hydrogen-bond donors (Lipinski definition) is 2. The molecule has 0 aliphatic carbocycles. The maximum Gasteiger partial charge on any atom is 0.450 e. The van der Waals surface area contributed by atoms with Crippen LogP contribution in [0.2, 0.25) is 0 Å². The molecule has 0 aliphatic rings. The molecule has 0 aromatic heterocycles. The van der Waals surface area contributed by atoms with Gasteiger partial charge in [0.25, 0.3) is 0 Å². The van der Waals surface area contributed by atoms with Gasteiger partial charge in [0.05, 0.1) is 5.69 Å². The zero-order chi connectivity index (χ0) is 13.1. The van der Waals surface area contributed by atoms with E-state index in [1.165, 1.54) is 0 Å². The van der Waals surface area contributed by atoms with Crippen molar-refractivity contribution in [1.82, 2.24) is 0 Å². The van der Waals surface area contributed by atoms with E-state index in [0.29, 0.717) is 5.69 Å². The number of aryl methyl sites for hydroxylation is 2. The van der Waals surface area contributed by atoms with E-state index >= 15 is 0 Å². The smallest absolute Gasteiger partial charge is 0.378 e. The fraction of sp³-hybridized carbons (Fsp3) is 0.364. The SMILES string of the molecule is CCc1ccc(NN=C(N)C(F)(F)F)cc1C. The minimum Gasteiger partial charge on any atom is -0.378 e. The van der Waals surface area contributed by atoms with Crippen LogP contribution in [0.15, 0.2) is 23.3 Å². The summed E-state index contributed by atoms with van der Waals surface area (Å²) in [5.41, 5.74) is 9.66. The van der Waals surface area contributed by atoms with Crippen LogP contribution >= 0.6 is 0 Å². The van der Waals surface area contributed by atoms with Crippen LogP contribution in [0.3, 0.4) is 0 Å². The summed E-state index contributed by atoms with van der Waals surface area (Å²) in [6, 6.07) is 5.24. The Bertz CT molecular complexity index is 424. The minimum atomic E-state index is -4.61. The van der Waals surface area contributed by atoms with Gasteiger partial charge >= 0.3 is 6.18 Å². The molecule has 0 spiro atoms. The third-order valence-corrected chi connectivity index (χ3v) is 2.32. The lowest BCUT2D eigenvalue weighted by Gasteiger charge is -2.08. The normalized spacial score (nSPS) is 12.6. The van der Waals surface area contributed by atoms with Crippen molar-refractivity contribution < 1.29 is 13.2 Å². The first-order valence-corrected chi connectivity index (χ1v) is 5.10. The summed E-state index contributed by atoms with van der Waals surface area (Å²) in [5.74, 6) is -1.39. The molecule has 0 atom stereocenters. The average Bonchev–Trinajstić information content (AvgIpc) is 2.24. The second kappa shape index (κ2) is 5.07. The Balaban J connectivity index is 2.80. The Hall–Kier alpha value is -1.72. The fourth-order valence-corrected chi connectivity index (χ4v) is 1.35. The summed E-state index contributed by atoms with van der Waals surface area (Å²) in [7, 11) is 0. The molecule has 6 heteroatoms. The highest BCUT2D eigenvalue weighted by Crippen LogP contribution is 2.17. The highest BCUT2D eigenvalue weighted by molar-refractivity contribution is 5.86. The number of hydrogen-bond acceptors (Lipinski definition) is 2. The Morgan fingerprint density at radius 2 is 2.06 bits per heavy atom. The van der Waals surface area contributed by atoms with E-state index in [2.05, 4.69) is 10.5 Å². The van der Waals surface area contributed by atoms with Gasteiger partial charge in [0.15, 0.2) is 0 Å². The Morgan fingerprint density at radius 3 is 2.53 bits per heavy atom. The number of alkyl halides is 3. The summed E-state index contributed by atoms with van der Waals surface area (Å²) in [6.45, 7) is 3.90. The second-order valence-electron chi connectivity index (χ2n) is 3.60. The standard InChI is InChI=1S/C11H14F3N3/c1-3-8-4-5-9(6-7(8)2)16-17-10(15)11(12,13)14/h4-6,16H,3H2,1-2H3,(H2,15,17). The number of rotatable bonds is 3. The van der Waals surface area contributed by atoms with Gasteiger partial charge in [-0.2, -0.15) is 18.3 Å². The quantitative estimate of drug-likeness (QED) is 0.488. The topological polar surface area (TPSA) is 50.4 Å². The monoisotopic (exact) mass is 245 g/mol. The Kier molecular flexibility index (Phi) is 3.98. The van der Waals surface area contributed by atoms with Crippen LogP contribution < -0.4 is 11.2 Å².